The van der Waals surface area contributed by atoms with Gasteiger partial charge in [0.2, 0.25) is 5.91 Å². The Balaban J connectivity index is 2.27. The lowest BCUT2D eigenvalue weighted by Gasteiger charge is -2.30. The third-order valence-corrected chi connectivity index (χ3v) is 3.96. The van der Waals surface area contributed by atoms with Crippen molar-refractivity contribution < 1.29 is 9.90 Å². The van der Waals surface area contributed by atoms with Crippen LogP contribution in [-0.4, -0.2) is 36.2 Å². The van der Waals surface area contributed by atoms with Crippen molar-refractivity contribution in [1.29, 1.82) is 0 Å². The van der Waals surface area contributed by atoms with Crippen LogP contribution in [0.5, 0.6) is 0 Å². The second-order valence-electron chi connectivity index (χ2n) is 4.90. The number of carbonyl (C=O) groups is 1. The topological polar surface area (TPSA) is 52.6 Å². The summed E-state index contributed by atoms with van der Waals surface area (Å²) in [6.07, 6.45) is 1.36. The SMILES string of the molecule is CC1CCN(c2ccc(Br)cc2)C(CCO)C(=O)N1. The highest BCUT2D eigenvalue weighted by atomic mass is 79.9. The van der Waals surface area contributed by atoms with E-state index >= 15 is 0 Å². The van der Waals surface area contributed by atoms with Crippen LogP contribution in [0.2, 0.25) is 0 Å². The van der Waals surface area contributed by atoms with E-state index in [4.69, 9.17) is 0 Å². The zero-order valence-electron chi connectivity index (χ0n) is 11.0. The zero-order chi connectivity index (χ0) is 13.8. The average molecular weight is 327 g/mol. The Labute approximate surface area is 121 Å². The zero-order valence-corrected chi connectivity index (χ0v) is 12.6. The van der Waals surface area contributed by atoms with Gasteiger partial charge < -0.3 is 15.3 Å². The summed E-state index contributed by atoms with van der Waals surface area (Å²) in [7, 11) is 0. The van der Waals surface area contributed by atoms with Crippen molar-refractivity contribution in [3.8, 4) is 0 Å². The Morgan fingerprint density at radius 3 is 2.74 bits per heavy atom. The molecule has 2 atom stereocenters. The molecule has 1 saturated heterocycles. The van der Waals surface area contributed by atoms with Gasteiger partial charge >= 0.3 is 0 Å². The molecule has 0 bridgehead atoms. The molecule has 0 aliphatic carbocycles. The van der Waals surface area contributed by atoms with Gasteiger partial charge in [0.15, 0.2) is 0 Å². The maximum Gasteiger partial charge on any atom is 0.242 e. The summed E-state index contributed by atoms with van der Waals surface area (Å²) >= 11 is 3.41. The van der Waals surface area contributed by atoms with E-state index in [0.29, 0.717) is 6.42 Å². The second-order valence-corrected chi connectivity index (χ2v) is 5.81. The highest BCUT2D eigenvalue weighted by Gasteiger charge is 2.29. The quantitative estimate of drug-likeness (QED) is 0.892. The number of amides is 1. The van der Waals surface area contributed by atoms with Crippen LogP contribution in [0.15, 0.2) is 28.7 Å². The molecule has 2 unspecified atom stereocenters. The van der Waals surface area contributed by atoms with Crippen LogP contribution in [-0.2, 0) is 4.79 Å². The van der Waals surface area contributed by atoms with E-state index in [1.807, 2.05) is 31.2 Å². The minimum Gasteiger partial charge on any atom is -0.396 e. The van der Waals surface area contributed by atoms with Crippen molar-refractivity contribution in [3.05, 3.63) is 28.7 Å². The van der Waals surface area contributed by atoms with Crippen LogP contribution in [0, 0.1) is 0 Å². The molecule has 104 valence electrons. The van der Waals surface area contributed by atoms with E-state index in [1.165, 1.54) is 0 Å². The van der Waals surface area contributed by atoms with E-state index in [9.17, 15) is 9.90 Å². The van der Waals surface area contributed by atoms with Gasteiger partial charge in [-0.05, 0) is 44.0 Å². The third kappa shape index (κ3) is 3.48. The lowest BCUT2D eigenvalue weighted by atomic mass is 10.1. The molecule has 4 nitrogen and oxygen atoms in total. The van der Waals surface area contributed by atoms with Gasteiger partial charge in [-0.15, -0.1) is 0 Å². The van der Waals surface area contributed by atoms with Crippen molar-refractivity contribution in [2.75, 3.05) is 18.1 Å². The fourth-order valence-corrected chi connectivity index (χ4v) is 2.66. The fourth-order valence-electron chi connectivity index (χ4n) is 2.39. The summed E-state index contributed by atoms with van der Waals surface area (Å²) < 4.78 is 1.02. The Morgan fingerprint density at radius 2 is 2.11 bits per heavy atom. The third-order valence-electron chi connectivity index (χ3n) is 3.43. The number of aliphatic hydroxyl groups is 1. The van der Waals surface area contributed by atoms with E-state index < -0.39 is 0 Å². The number of nitrogens with one attached hydrogen (secondary N) is 1. The highest BCUT2D eigenvalue weighted by molar-refractivity contribution is 9.10. The van der Waals surface area contributed by atoms with Crippen molar-refractivity contribution in [1.82, 2.24) is 5.32 Å². The standard InChI is InChI=1S/C14H19BrN2O2/c1-10-6-8-17(12-4-2-11(15)3-5-12)13(7-9-18)14(19)16-10/h2-5,10,13,18H,6-9H2,1H3,(H,16,19). The molecular formula is C14H19BrN2O2. The van der Waals surface area contributed by atoms with Crippen LogP contribution < -0.4 is 10.2 Å². The summed E-state index contributed by atoms with van der Waals surface area (Å²) in [6, 6.07) is 7.81. The number of benzene rings is 1. The van der Waals surface area contributed by atoms with Crippen LogP contribution in [0.1, 0.15) is 19.8 Å². The highest BCUT2D eigenvalue weighted by Crippen LogP contribution is 2.23. The molecule has 1 aromatic rings. The van der Waals surface area contributed by atoms with Gasteiger partial charge in [0, 0.05) is 29.4 Å². The summed E-state index contributed by atoms with van der Waals surface area (Å²) in [5.74, 6) is 0.00182. The summed E-state index contributed by atoms with van der Waals surface area (Å²) in [4.78, 5) is 14.3. The molecule has 1 aromatic carbocycles. The number of aliphatic hydroxyl groups excluding tert-OH is 1. The Kier molecular flexibility index (Phi) is 4.82. The van der Waals surface area contributed by atoms with Gasteiger partial charge in [0.25, 0.3) is 0 Å². The van der Waals surface area contributed by atoms with Gasteiger partial charge in [0.05, 0.1) is 0 Å². The number of carbonyl (C=O) groups excluding carboxylic acids is 1. The lowest BCUT2D eigenvalue weighted by molar-refractivity contribution is -0.122. The lowest BCUT2D eigenvalue weighted by Crippen LogP contribution is -2.45. The first kappa shape index (κ1) is 14.3. The predicted molar refractivity (Wildman–Crippen MR) is 79.2 cm³/mol. The van der Waals surface area contributed by atoms with Crippen molar-refractivity contribution >= 4 is 27.5 Å². The molecule has 1 fully saturated rings. The van der Waals surface area contributed by atoms with Crippen molar-refractivity contribution in [3.63, 3.8) is 0 Å². The van der Waals surface area contributed by atoms with Crippen LogP contribution in [0.3, 0.4) is 0 Å². The number of rotatable bonds is 3. The maximum atomic E-state index is 12.2. The van der Waals surface area contributed by atoms with Crippen molar-refractivity contribution in [2.45, 2.75) is 31.8 Å². The number of halogens is 1. The van der Waals surface area contributed by atoms with E-state index in [0.717, 1.165) is 23.1 Å². The normalized spacial score (nSPS) is 23.9. The average Bonchev–Trinajstić information content (AvgIpc) is 2.51. The summed E-state index contributed by atoms with van der Waals surface area (Å²) in [6.45, 7) is 2.84. The van der Waals surface area contributed by atoms with Gasteiger partial charge in [-0.3, -0.25) is 4.79 Å². The predicted octanol–water partition coefficient (Wildman–Crippen LogP) is 1.91. The molecule has 1 aliphatic heterocycles. The molecule has 0 saturated carbocycles. The van der Waals surface area contributed by atoms with Gasteiger partial charge in [-0.2, -0.15) is 0 Å². The maximum absolute atomic E-state index is 12.2. The van der Waals surface area contributed by atoms with Crippen molar-refractivity contribution in [2.24, 2.45) is 0 Å². The monoisotopic (exact) mass is 326 g/mol. The number of anilines is 1. The van der Waals surface area contributed by atoms with E-state index in [-0.39, 0.29) is 24.6 Å². The number of hydrogen-bond acceptors (Lipinski definition) is 3. The largest absolute Gasteiger partial charge is 0.396 e. The van der Waals surface area contributed by atoms with Crippen LogP contribution in [0.4, 0.5) is 5.69 Å². The molecule has 1 aliphatic rings. The second kappa shape index (κ2) is 6.39. The molecule has 0 aromatic heterocycles. The number of hydrogen-bond donors (Lipinski definition) is 2. The molecule has 19 heavy (non-hydrogen) atoms. The molecular weight excluding hydrogens is 308 g/mol. The molecule has 1 heterocycles. The molecule has 0 spiro atoms. The Bertz CT molecular complexity index is 436. The first-order valence-electron chi connectivity index (χ1n) is 6.55. The Morgan fingerprint density at radius 1 is 1.42 bits per heavy atom. The smallest absolute Gasteiger partial charge is 0.242 e. The molecule has 5 heteroatoms. The fraction of sp³-hybridized carbons (Fsp3) is 0.500. The summed E-state index contributed by atoms with van der Waals surface area (Å²) in [5.41, 5.74) is 1.02. The molecule has 0 radical (unpaired) electrons. The molecule has 2 N–H and O–H groups in total. The van der Waals surface area contributed by atoms with E-state index in [2.05, 4.69) is 26.1 Å². The van der Waals surface area contributed by atoms with Crippen LogP contribution >= 0.6 is 15.9 Å². The first-order chi connectivity index (χ1) is 9.11. The van der Waals surface area contributed by atoms with Gasteiger partial charge in [0.1, 0.15) is 6.04 Å². The first-order valence-corrected chi connectivity index (χ1v) is 7.34. The summed E-state index contributed by atoms with van der Waals surface area (Å²) in [5, 5.41) is 12.2. The minimum atomic E-state index is -0.295. The molecule has 2 rings (SSSR count). The van der Waals surface area contributed by atoms with Crippen LogP contribution in [0.25, 0.3) is 0 Å². The van der Waals surface area contributed by atoms with Gasteiger partial charge in [-0.25, -0.2) is 0 Å². The number of nitrogens with zero attached hydrogens (tertiary/aromatic N) is 1. The van der Waals surface area contributed by atoms with E-state index in [1.54, 1.807) is 0 Å². The minimum absolute atomic E-state index is 0.00182. The Hall–Kier alpha value is -1.07. The van der Waals surface area contributed by atoms with Gasteiger partial charge in [-0.1, -0.05) is 15.9 Å². The molecule has 1 amide bonds.